The molecule has 2 rings (SSSR count). The zero-order chi connectivity index (χ0) is 26.4. The number of halogens is 3. The lowest BCUT2D eigenvalue weighted by Crippen LogP contribution is -2.47. The van der Waals surface area contributed by atoms with Crippen LogP contribution in [0.2, 0.25) is 0 Å². The predicted octanol–water partition coefficient (Wildman–Crippen LogP) is 2.73. The summed E-state index contributed by atoms with van der Waals surface area (Å²) in [5.41, 5.74) is 1.13. The van der Waals surface area contributed by atoms with Gasteiger partial charge in [0.1, 0.15) is 0 Å². The minimum Gasteiger partial charge on any atom is -0.475 e. The summed E-state index contributed by atoms with van der Waals surface area (Å²) in [6.07, 6.45) is -1.72. The van der Waals surface area contributed by atoms with E-state index in [1.807, 2.05) is 4.90 Å². The summed E-state index contributed by atoms with van der Waals surface area (Å²) in [7, 11) is 0. The Hall–Kier alpha value is -3.15. The number of benzene rings is 1. The van der Waals surface area contributed by atoms with Crippen molar-refractivity contribution in [1.82, 2.24) is 15.1 Å². The number of nitrogens with zero attached hydrogens (tertiary/aromatic N) is 2. The molecule has 0 aliphatic carbocycles. The molecule has 3 N–H and O–H groups in total. The number of hydrogen-bond acceptors (Lipinski definition) is 5. The number of nitrogens with one attached hydrogen (secondary N) is 2. The SMILES string of the molecule is CCCCCN(CCC(=O)N1CCNCC1)C(=O)c1cccc(NC(C)=O)c1.O=C(O)C(F)(F)F. The fourth-order valence-electron chi connectivity index (χ4n) is 3.29. The molecule has 1 aliphatic heterocycles. The van der Waals surface area contributed by atoms with Gasteiger partial charge in [0.2, 0.25) is 11.8 Å². The summed E-state index contributed by atoms with van der Waals surface area (Å²) in [6, 6.07) is 6.95. The van der Waals surface area contributed by atoms with Gasteiger partial charge in [0, 0.05) is 63.9 Å². The predicted molar refractivity (Wildman–Crippen MR) is 124 cm³/mol. The molecule has 196 valence electrons. The number of anilines is 1. The fraction of sp³-hybridized carbons (Fsp3) is 0.565. The number of hydrogen-bond donors (Lipinski definition) is 3. The van der Waals surface area contributed by atoms with E-state index in [1.54, 1.807) is 29.2 Å². The molecule has 1 saturated heterocycles. The maximum absolute atomic E-state index is 13.0. The van der Waals surface area contributed by atoms with Crippen LogP contribution in [0.15, 0.2) is 24.3 Å². The number of amides is 3. The molecule has 12 heteroatoms. The van der Waals surface area contributed by atoms with Crippen LogP contribution in [0.25, 0.3) is 0 Å². The molecular formula is C23H33F3N4O5. The van der Waals surface area contributed by atoms with Crippen molar-refractivity contribution in [3.63, 3.8) is 0 Å². The summed E-state index contributed by atoms with van der Waals surface area (Å²) < 4.78 is 31.7. The molecule has 0 saturated carbocycles. The zero-order valence-corrected chi connectivity index (χ0v) is 20.0. The summed E-state index contributed by atoms with van der Waals surface area (Å²) in [5, 5.41) is 13.1. The highest BCUT2D eigenvalue weighted by Crippen LogP contribution is 2.15. The van der Waals surface area contributed by atoms with Crippen molar-refractivity contribution < 1.29 is 37.5 Å². The first-order valence-electron chi connectivity index (χ1n) is 11.4. The van der Waals surface area contributed by atoms with Gasteiger partial charge in [-0.15, -0.1) is 0 Å². The van der Waals surface area contributed by atoms with Gasteiger partial charge in [0.05, 0.1) is 0 Å². The van der Waals surface area contributed by atoms with Crippen LogP contribution in [0.3, 0.4) is 0 Å². The second kappa shape index (κ2) is 15.0. The van der Waals surface area contributed by atoms with Crippen molar-refractivity contribution in [1.29, 1.82) is 0 Å². The van der Waals surface area contributed by atoms with Gasteiger partial charge in [-0.25, -0.2) is 4.79 Å². The van der Waals surface area contributed by atoms with Crippen molar-refractivity contribution in [2.75, 3.05) is 44.6 Å². The van der Waals surface area contributed by atoms with Crippen LogP contribution in [0.1, 0.15) is 49.9 Å². The van der Waals surface area contributed by atoms with Crippen molar-refractivity contribution in [3.05, 3.63) is 29.8 Å². The largest absolute Gasteiger partial charge is 0.490 e. The third-order valence-corrected chi connectivity index (χ3v) is 5.06. The first-order chi connectivity index (χ1) is 16.5. The van der Waals surface area contributed by atoms with E-state index in [0.717, 1.165) is 45.4 Å². The quantitative estimate of drug-likeness (QED) is 0.447. The van der Waals surface area contributed by atoms with Gasteiger partial charge in [0.15, 0.2) is 0 Å². The second-order valence-electron chi connectivity index (χ2n) is 7.94. The Balaban J connectivity index is 0.000000762. The minimum absolute atomic E-state index is 0.0989. The van der Waals surface area contributed by atoms with E-state index in [2.05, 4.69) is 17.6 Å². The smallest absolute Gasteiger partial charge is 0.475 e. The van der Waals surface area contributed by atoms with E-state index < -0.39 is 12.1 Å². The van der Waals surface area contributed by atoms with Crippen LogP contribution >= 0.6 is 0 Å². The van der Waals surface area contributed by atoms with Crippen LogP contribution in [0.4, 0.5) is 18.9 Å². The van der Waals surface area contributed by atoms with E-state index in [1.165, 1.54) is 6.92 Å². The lowest BCUT2D eigenvalue weighted by Gasteiger charge is -2.29. The number of carbonyl (C=O) groups excluding carboxylic acids is 3. The standard InChI is InChI=1S/C21H32N4O3.C2HF3O2/c1-3-4-5-12-25(13-9-20(27)24-14-10-22-11-15-24)21(28)18-7-6-8-19(16-18)23-17(2)26;3-2(4,5)1(6)7/h6-8,16,22H,3-5,9-15H2,1-2H3,(H,23,26);(H,6,7). The fourth-order valence-corrected chi connectivity index (χ4v) is 3.29. The maximum atomic E-state index is 13.0. The molecule has 1 aromatic rings. The third-order valence-electron chi connectivity index (χ3n) is 5.06. The first-order valence-corrected chi connectivity index (χ1v) is 11.4. The van der Waals surface area contributed by atoms with Crippen molar-refractivity contribution in [2.24, 2.45) is 0 Å². The molecule has 0 aromatic heterocycles. The van der Waals surface area contributed by atoms with E-state index in [-0.39, 0.29) is 17.7 Å². The van der Waals surface area contributed by atoms with Crippen molar-refractivity contribution >= 4 is 29.4 Å². The van der Waals surface area contributed by atoms with E-state index >= 15 is 0 Å². The molecule has 1 fully saturated rings. The number of aliphatic carboxylic acids is 1. The average molecular weight is 503 g/mol. The molecule has 0 unspecified atom stereocenters. The molecule has 1 heterocycles. The highest BCUT2D eigenvalue weighted by molar-refractivity contribution is 5.97. The van der Waals surface area contributed by atoms with Crippen LogP contribution in [0.5, 0.6) is 0 Å². The molecule has 0 bridgehead atoms. The van der Waals surface area contributed by atoms with Crippen molar-refractivity contribution in [2.45, 2.75) is 45.7 Å². The van der Waals surface area contributed by atoms with Crippen LogP contribution < -0.4 is 10.6 Å². The number of carboxylic acids is 1. The summed E-state index contributed by atoms with van der Waals surface area (Å²) in [4.78, 5) is 49.3. The summed E-state index contributed by atoms with van der Waals surface area (Å²) in [5.74, 6) is -2.93. The Labute approximate surface area is 202 Å². The van der Waals surface area contributed by atoms with Crippen molar-refractivity contribution in [3.8, 4) is 0 Å². The number of alkyl halides is 3. The van der Waals surface area contributed by atoms with Crippen LogP contribution in [0, 0.1) is 0 Å². The number of carbonyl (C=O) groups is 4. The van der Waals surface area contributed by atoms with Crippen LogP contribution in [-0.4, -0.2) is 84.0 Å². The van der Waals surface area contributed by atoms with E-state index in [0.29, 0.717) is 30.8 Å². The monoisotopic (exact) mass is 502 g/mol. The Morgan fingerprint density at radius 1 is 1.11 bits per heavy atom. The molecule has 0 radical (unpaired) electrons. The van der Waals surface area contributed by atoms with Crippen LogP contribution in [-0.2, 0) is 14.4 Å². The van der Waals surface area contributed by atoms with Gasteiger partial charge in [-0.1, -0.05) is 25.8 Å². The molecule has 3 amide bonds. The van der Waals surface area contributed by atoms with Gasteiger partial charge < -0.3 is 25.5 Å². The second-order valence-corrected chi connectivity index (χ2v) is 7.94. The average Bonchev–Trinajstić information content (AvgIpc) is 2.81. The lowest BCUT2D eigenvalue weighted by molar-refractivity contribution is -0.192. The molecule has 35 heavy (non-hydrogen) atoms. The Kier molecular flexibility index (Phi) is 12.8. The van der Waals surface area contributed by atoms with E-state index in [9.17, 15) is 27.6 Å². The first kappa shape index (κ1) is 29.9. The highest BCUT2D eigenvalue weighted by Gasteiger charge is 2.38. The normalized spacial score (nSPS) is 13.3. The topological polar surface area (TPSA) is 119 Å². The summed E-state index contributed by atoms with van der Waals surface area (Å²) >= 11 is 0. The molecule has 1 aromatic carbocycles. The maximum Gasteiger partial charge on any atom is 0.490 e. The van der Waals surface area contributed by atoms with Gasteiger partial charge >= 0.3 is 12.1 Å². The molecule has 1 aliphatic rings. The van der Waals surface area contributed by atoms with Gasteiger partial charge in [0.25, 0.3) is 5.91 Å². The third kappa shape index (κ3) is 11.7. The molecule has 0 atom stereocenters. The minimum atomic E-state index is -5.08. The number of rotatable bonds is 9. The number of carboxylic acid groups (broad SMARTS) is 1. The Morgan fingerprint density at radius 3 is 2.29 bits per heavy atom. The Bertz CT molecular complexity index is 858. The number of piperazine rings is 1. The highest BCUT2D eigenvalue weighted by atomic mass is 19.4. The van der Waals surface area contributed by atoms with E-state index in [4.69, 9.17) is 9.90 Å². The molecule has 9 nitrogen and oxygen atoms in total. The Morgan fingerprint density at radius 2 is 1.74 bits per heavy atom. The molecular weight excluding hydrogens is 469 g/mol. The zero-order valence-electron chi connectivity index (χ0n) is 20.0. The van der Waals surface area contributed by atoms with Gasteiger partial charge in [-0.3, -0.25) is 14.4 Å². The molecule has 0 spiro atoms. The van der Waals surface area contributed by atoms with Gasteiger partial charge in [-0.2, -0.15) is 13.2 Å². The number of unbranched alkanes of at least 4 members (excludes halogenated alkanes) is 2. The lowest BCUT2D eigenvalue weighted by atomic mass is 10.1. The van der Waals surface area contributed by atoms with Gasteiger partial charge in [-0.05, 0) is 24.6 Å². The summed E-state index contributed by atoms with van der Waals surface area (Å²) in [6.45, 7) is 7.69.